The number of aryl methyl sites for hydroxylation is 1. The first-order valence-corrected chi connectivity index (χ1v) is 15.6. The van der Waals surface area contributed by atoms with E-state index >= 15 is 8.78 Å². The number of piperazine rings is 1. The fraction of sp³-hybridized carbons (Fsp3) is 0.400. The minimum absolute atomic E-state index is 0.0215. The zero-order valence-electron chi connectivity index (χ0n) is 27.2. The normalized spacial score (nSPS) is 14.0. The molecule has 5 rings (SSSR count). The van der Waals surface area contributed by atoms with Crippen molar-refractivity contribution >= 4 is 34.8 Å². The van der Waals surface area contributed by atoms with Crippen molar-refractivity contribution < 1.29 is 27.5 Å². The average molecular weight is 634 g/mol. The Morgan fingerprint density at radius 3 is 2.28 bits per heavy atom. The third kappa shape index (κ3) is 7.31. The molecule has 1 saturated heterocycles. The number of aromatic nitrogens is 1. The Hall–Kier alpha value is -4.51. The number of hydrogen-bond acceptors (Lipinski definition) is 7. The molecule has 11 heteroatoms. The molecule has 0 aliphatic carbocycles. The van der Waals surface area contributed by atoms with Crippen LogP contribution in [0.5, 0.6) is 0 Å². The summed E-state index contributed by atoms with van der Waals surface area (Å²) in [6.45, 7) is 14.3. The van der Waals surface area contributed by atoms with Crippen molar-refractivity contribution in [3.05, 3.63) is 76.9 Å². The van der Waals surface area contributed by atoms with E-state index < -0.39 is 17.2 Å². The molecule has 2 amide bonds. The summed E-state index contributed by atoms with van der Waals surface area (Å²) < 4.78 is 42.3. The Morgan fingerprint density at radius 1 is 1.00 bits per heavy atom. The first-order valence-electron chi connectivity index (χ1n) is 15.6. The molecular formula is C35H41F2N5O4. The van der Waals surface area contributed by atoms with Crippen molar-refractivity contribution in [2.45, 2.75) is 53.7 Å². The second-order valence-corrected chi connectivity index (χ2v) is 12.5. The van der Waals surface area contributed by atoms with Gasteiger partial charge in [0.1, 0.15) is 22.8 Å². The van der Waals surface area contributed by atoms with Crippen molar-refractivity contribution in [2.24, 2.45) is 0 Å². The lowest BCUT2D eigenvalue weighted by Crippen LogP contribution is -2.49. The standard InChI is InChI=1S/C35H41F2N5O4/c1-7-41(8-2)32(43)25-13-12-24(18-22(25)3)38-33-39-30-11-9-10-26(31(30)45-33)23-19-28(36)27(29(37)20-23)21-40-14-16-42(17-15-40)34(44)46-35(4,5)6/h9-13,18-20H,7-8,14-17,21H2,1-6H3,(H,38,39). The molecule has 0 bridgehead atoms. The van der Waals surface area contributed by atoms with Gasteiger partial charge in [0.15, 0.2) is 5.58 Å². The highest BCUT2D eigenvalue weighted by molar-refractivity contribution is 5.96. The molecule has 0 unspecified atom stereocenters. The molecule has 46 heavy (non-hydrogen) atoms. The molecule has 4 aromatic rings. The number of halogens is 2. The first-order chi connectivity index (χ1) is 21.9. The van der Waals surface area contributed by atoms with Gasteiger partial charge in [-0.3, -0.25) is 9.69 Å². The highest BCUT2D eigenvalue weighted by Crippen LogP contribution is 2.34. The molecule has 1 fully saturated rings. The molecule has 2 heterocycles. The second-order valence-electron chi connectivity index (χ2n) is 12.5. The van der Waals surface area contributed by atoms with Gasteiger partial charge in [-0.15, -0.1) is 0 Å². The molecule has 0 radical (unpaired) electrons. The van der Waals surface area contributed by atoms with Crippen LogP contribution >= 0.6 is 0 Å². The van der Waals surface area contributed by atoms with Gasteiger partial charge in [0.25, 0.3) is 11.9 Å². The number of carbonyl (C=O) groups is 2. The number of para-hydroxylation sites is 1. The molecule has 1 aromatic heterocycles. The van der Waals surface area contributed by atoms with Crippen molar-refractivity contribution in [1.82, 2.24) is 19.7 Å². The van der Waals surface area contributed by atoms with Gasteiger partial charge < -0.3 is 24.3 Å². The van der Waals surface area contributed by atoms with Crippen LogP contribution in [0.3, 0.4) is 0 Å². The van der Waals surface area contributed by atoms with E-state index in [0.29, 0.717) is 72.7 Å². The number of oxazole rings is 1. The highest BCUT2D eigenvalue weighted by atomic mass is 19.1. The molecule has 9 nitrogen and oxygen atoms in total. The van der Waals surface area contributed by atoms with Crippen LogP contribution in [0.2, 0.25) is 0 Å². The maximum atomic E-state index is 15.4. The van der Waals surface area contributed by atoms with Crippen LogP contribution in [0.1, 0.15) is 56.1 Å². The van der Waals surface area contributed by atoms with Gasteiger partial charge in [-0.05, 0) is 89.1 Å². The lowest BCUT2D eigenvalue weighted by atomic mass is 10.0. The Labute approximate surface area is 268 Å². The third-order valence-electron chi connectivity index (χ3n) is 8.03. The Balaban J connectivity index is 1.30. The van der Waals surface area contributed by atoms with Gasteiger partial charge in [-0.1, -0.05) is 12.1 Å². The maximum absolute atomic E-state index is 15.4. The van der Waals surface area contributed by atoms with Crippen LogP contribution in [0, 0.1) is 18.6 Å². The molecule has 3 aromatic carbocycles. The monoisotopic (exact) mass is 633 g/mol. The smallest absolute Gasteiger partial charge is 0.410 e. The quantitative estimate of drug-likeness (QED) is 0.217. The lowest BCUT2D eigenvalue weighted by molar-refractivity contribution is 0.0137. The SMILES string of the molecule is CCN(CC)C(=O)c1ccc(Nc2nc3cccc(-c4cc(F)c(CN5CCN(C(=O)OC(C)(C)C)CC5)c(F)c4)c3o2)cc1C. The van der Waals surface area contributed by atoms with Gasteiger partial charge in [-0.25, -0.2) is 13.6 Å². The number of rotatable bonds is 8. The number of nitrogens with one attached hydrogen (secondary N) is 1. The van der Waals surface area contributed by atoms with Crippen LogP contribution in [-0.2, 0) is 11.3 Å². The van der Waals surface area contributed by atoms with Crippen molar-refractivity contribution in [2.75, 3.05) is 44.6 Å². The topological polar surface area (TPSA) is 91.2 Å². The van der Waals surface area contributed by atoms with Crippen LogP contribution in [0.15, 0.2) is 52.9 Å². The van der Waals surface area contributed by atoms with Crippen molar-refractivity contribution in [3.63, 3.8) is 0 Å². The lowest BCUT2D eigenvalue weighted by Gasteiger charge is -2.35. The van der Waals surface area contributed by atoms with E-state index in [0.717, 1.165) is 5.56 Å². The maximum Gasteiger partial charge on any atom is 0.410 e. The summed E-state index contributed by atoms with van der Waals surface area (Å²) >= 11 is 0. The number of carbonyl (C=O) groups excluding carboxylic acids is 2. The number of ether oxygens (including phenoxy) is 1. The summed E-state index contributed by atoms with van der Waals surface area (Å²) in [6.07, 6.45) is -0.385. The Kier molecular flexibility index (Phi) is 9.62. The van der Waals surface area contributed by atoms with E-state index in [4.69, 9.17) is 9.15 Å². The number of hydrogen-bond donors (Lipinski definition) is 1. The van der Waals surface area contributed by atoms with Crippen LogP contribution in [-0.4, -0.2) is 76.6 Å². The Morgan fingerprint density at radius 2 is 1.67 bits per heavy atom. The summed E-state index contributed by atoms with van der Waals surface area (Å²) in [4.78, 5) is 35.0. The van der Waals surface area contributed by atoms with E-state index in [1.54, 1.807) is 40.1 Å². The largest absolute Gasteiger partial charge is 0.444 e. The zero-order valence-corrected chi connectivity index (χ0v) is 27.2. The molecule has 0 spiro atoms. The fourth-order valence-electron chi connectivity index (χ4n) is 5.56. The van der Waals surface area contributed by atoms with Crippen LogP contribution in [0.4, 0.5) is 25.3 Å². The molecule has 244 valence electrons. The van der Waals surface area contributed by atoms with E-state index in [1.807, 2.05) is 52.5 Å². The first kappa shape index (κ1) is 32.9. The number of fused-ring (bicyclic) bond motifs is 1. The molecular weight excluding hydrogens is 592 g/mol. The van der Waals surface area contributed by atoms with Gasteiger partial charge in [0.2, 0.25) is 0 Å². The van der Waals surface area contributed by atoms with Gasteiger partial charge in [0.05, 0.1) is 0 Å². The summed E-state index contributed by atoms with van der Waals surface area (Å²) in [7, 11) is 0. The van der Waals surface area contributed by atoms with Crippen LogP contribution in [0.25, 0.3) is 22.2 Å². The predicted molar refractivity (Wildman–Crippen MR) is 174 cm³/mol. The van der Waals surface area contributed by atoms with Gasteiger partial charge in [0, 0.05) is 68.2 Å². The van der Waals surface area contributed by atoms with E-state index in [2.05, 4.69) is 10.3 Å². The van der Waals surface area contributed by atoms with Crippen molar-refractivity contribution in [3.8, 4) is 11.1 Å². The number of anilines is 2. The summed E-state index contributed by atoms with van der Waals surface area (Å²) in [5.41, 5.74) is 3.27. The number of amides is 2. The molecule has 1 N–H and O–H groups in total. The van der Waals surface area contributed by atoms with E-state index in [1.165, 1.54) is 12.1 Å². The van der Waals surface area contributed by atoms with E-state index in [-0.39, 0.29) is 30.1 Å². The second kappa shape index (κ2) is 13.5. The summed E-state index contributed by atoms with van der Waals surface area (Å²) in [5.74, 6) is -1.34. The molecule has 0 atom stereocenters. The average Bonchev–Trinajstić information content (AvgIpc) is 3.41. The van der Waals surface area contributed by atoms with Gasteiger partial charge in [-0.2, -0.15) is 4.98 Å². The molecule has 1 aliphatic rings. The summed E-state index contributed by atoms with van der Waals surface area (Å²) in [6, 6.07) is 13.5. The fourth-order valence-corrected chi connectivity index (χ4v) is 5.56. The number of benzene rings is 3. The predicted octanol–water partition coefficient (Wildman–Crippen LogP) is 7.36. The highest BCUT2D eigenvalue weighted by Gasteiger charge is 2.27. The minimum Gasteiger partial charge on any atom is -0.444 e. The third-order valence-corrected chi connectivity index (χ3v) is 8.03. The molecule has 0 saturated carbocycles. The van der Waals surface area contributed by atoms with E-state index in [9.17, 15) is 9.59 Å². The number of nitrogens with zero attached hydrogens (tertiary/aromatic N) is 4. The van der Waals surface area contributed by atoms with Gasteiger partial charge >= 0.3 is 6.09 Å². The Bertz CT molecular complexity index is 1710. The molecule has 1 aliphatic heterocycles. The van der Waals surface area contributed by atoms with Crippen molar-refractivity contribution in [1.29, 1.82) is 0 Å². The van der Waals surface area contributed by atoms with Crippen LogP contribution < -0.4 is 5.32 Å². The minimum atomic E-state index is -0.658. The summed E-state index contributed by atoms with van der Waals surface area (Å²) in [5, 5.41) is 3.15. The zero-order chi connectivity index (χ0) is 33.2.